The summed E-state index contributed by atoms with van der Waals surface area (Å²) < 4.78 is 3.83. The molecule has 0 aliphatic rings. The van der Waals surface area contributed by atoms with Gasteiger partial charge in [-0.3, -0.25) is 9.47 Å². The lowest BCUT2D eigenvalue weighted by Gasteiger charge is -2.12. The molecule has 6 nitrogen and oxygen atoms in total. The van der Waals surface area contributed by atoms with E-state index in [1.165, 1.54) is 17.3 Å². The molecule has 0 unspecified atom stereocenters. The number of nitrogens with one attached hydrogen (secondary N) is 1. The zero-order chi connectivity index (χ0) is 20.2. The maximum absolute atomic E-state index is 12.5. The van der Waals surface area contributed by atoms with Crippen molar-refractivity contribution in [2.45, 2.75) is 19.0 Å². The third kappa shape index (κ3) is 4.25. The van der Waals surface area contributed by atoms with Crippen LogP contribution >= 0.6 is 11.8 Å². The van der Waals surface area contributed by atoms with E-state index in [1.54, 1.807) is 0 Å². The van der Waals surface area contributed by atoms with Crippen LogP contribution in [0.5, 0.6) is 0 Å². The summed E-state index contributed by atoms with van der Waals surface area (Å²) in [5.74, 6) is 0.882. The minimum atomic E-state index is -0.0803. The first-order chi connectivity index (χ1) is 14.1. The molecule has 0 bridgehead atoms. The number of aromatic nitrogens is 4. The fourth-order valence-electron chi connectivity index (χ4n) is 2.93. The van der Waals surface area contributed by atoms with Crippen LogP contribution in [-0.2, 0) is 4.79 Å². The molecule has 2 aromatic carbocycles. The molecular formula is C22H21N5OS. The Balaban J connectivity index is 1.57. The van der Waals surface area contributed by atoms with Gasteiger partial charge in [-0.05, 0) is 37.6 Å². The number of anilines is 1. The molecule has 2 heterocycles. The topological polar surface area (TPSA) is 64.7 Å². The number of para-hydroxylation sites is 1. The van der Waals surface area contributed by atoms with Crippen molar-refractivity contribution in [3.8, 4) is 11.4 Å². The van der Waals surface area contributed by atoms with E-state index < -0.39 is 0 Å². The van der Waals surface area contributed by atoms with Crippen molar-refractivity contribution >= 4 is 23.4 Å². The second-order valence-electron chi connectivity index (χ2n) is 6.70. The Hall–Kier alpha value is -3.32. The van der Waals surface area contributed by atoms with Crippen LogP contribution in [0.4, 0.5) is 5.69 Å². The molecule has 146 valence electrons. The number of thioether (sulfide) groups is 1. The molecule has 0 radical (unpaired) electrons. The highest BCUT2D eigenvalue weighted by atomic mass is 32.2. The second kappa shape index (κ2) is 8.36. The van der Waals surface area contributed by atoms with Gasteiger partial charge in [0.2, 0.25) is 11.1 Å². The van der Waals surface area contributed by atoms with E-state index in [2.05, 4.69) is 22.4 Å². The molecule has 7 heteroatoms. The van der Waals surface area contributed by atoms with Crippen molar-refractivity contribution in [1.29, 1.82) is 0 Å². The molecule has 0 aliphatic heterocycles. The number of carbonyl (C=O) groups is 1. The number of amides is 1. The first-order valence-electron chi connectivity index (χ1n) is 9.26. The van der Waals surface area contributed by atoms with Crippen LogP contribution in [0.3, 0.4) is 0 Å². The lowest BCUT2D eigenvalue weighted by molar-refractivity contribution is -0.113. The Kier molecular flexibility index (Phi) is 5.48. The lowest BCUT2D eigenvalue weighted by atomic mass is 10.1. The van der Waals surface area contributed by atoms with Gasteiger partial charge in [-0.25, -0.2) is 4.68 Å². The fourth-order valence-corrected chi connectivity index (χ4v) is 3.67. The Morgan fingerprint density at radius 3 is 2.41 bits per heavy atom. The monoisotopic (exact) mass is 403 g/mol. The summed E-state index contributed by atoms with van der Waals surface area (Å²) in [5, 5.41) is 12.3. The largest absolute Gasteiger partial charge is 0.325 e. The van der Waals surface area contributed by atoms with Crippen LogP contribution in [0.1, 0.15) is 11.1 Å². The predicted molar refractivity (Wildman–Crippen MR) is 116 cm³/mol. The zero-order valence-corrected chi connectivity index (χ0v) is 17.1. The van der Waals surface area contributed by atoms with Gasteiger partial charge >= 0.3 is 0 Å². The minimum Gasteiger partial charge on any atom is -0.325 e. The number of benzene rings is 2. The van der Waals surface area contributed by atoms with Gasteiger partial charge in [0.25, 0.3) is 0 Å². The molecule has 0 saturated heterocycles. The first kappa shape index (κ1) is 19.0. The van der Waals surface area contributed by atoms with Crippen molar-refractivity contribution in [3.05, 3.63) is 84.2 Å². The van der Waals surface area contributed by atoms with Gasteiger partial charge in [0, 0.05) is 23.6 Å². The quantitative estimate of drug-likeness (QED) is 0.485. The molecule has 2 aromatic heterocycles. The predicted octanol–water partition coefficient (Wildman–Crippen LogP) is 4.41. The second-order valence-corrected chi connectivity index (χ2v) is 7.64. The van der Waals surface area contributed by atoms with Gasteiger partial charge in [0.15, 0.2) is 5.82 Å². The van der Waals surface area contributed by atoms with Crippen LogP contribution in [0.25, 0.3) is 11.4 Å². The van der Waals surface area contributed by atoms with Gasteiger partial charge < -0.3 is 5.32 Å². The van der Waals surface area contributed by atoms with Crippen molar-refractivity contribution in [1.82, 2.24) is 19.5 Å². The van der Waals surface area contributed by atoms with Crippen LogP contribution in [0.2, 0.25) is 0 Å². The normalized spacial score (nSPS) is 10.8. The third-order valence-electron chi connectivity index (χ3n) is 4.49. The third-order valence-corrected chi connectivity index (χ3v) is 5.41. The Labute approximate surface area is 173 Å². The summed E-state index contributed by atoms with van der Waals surface area (Å²) in [6.45, 7) is 4.02. The summed E-state index contributed by atoms with van der Waals surface area (Å²) in [6.07, 6.45) is 3.86. The summed E-state index contributed by atoms with van der Waals surface area (Å²) in [4.78, 5) is 12.5. The minimum absolute atomic E-state index is 0.0803. The molecule has 0 atom stereocenters. The Bertz CT molecular complexity index is 1120. The molecule has 0 saturated carbocycles. The molecule has 29 heavy (non-hydrogen) atoms. The highest BCUT2D eigenvalue weighted by molar-refractivity contribution is 7.99. The van der Waals surface area contributed by atoms with Crippen molar-refractivity contribution in [2.24, 2.45) is 0 Å². The zero-order valence-electron chi connectivity index (χ0n) is 16.2. The summed E-state index contributed by atoms with van der Waals surface area (Å²) in [7, 11) is 0. The number of aryl methyl sites for hydroxylation is 2. The van der Waals surface area contributed by atoms with Crippen LogP contribution in [0.15, 0.2) is 78.2 Å². The highest BCUT2D eigenvalue weighted by Gasteiger charge is 2.17. The van der Waals surface area contributed by atoms with E-state index in [-0.39, 0.29) is 11.7 Å². The first-order valence-corrected chi connectivity index (χ1v) is 10.2. The maximum atomic E-state index is 12.5. The average molecular weight is 404 g/mol. The van der Waals surface area contributed by atoms with Crippen LogP contribution in [0, 0.1) is 13.8 Å². The molecule has 0 spiro atoms. The van der Waals surface area contributed by atoms with E-state index in [0.717, 1.165) is 22.6 Å². The standard InChI is InChI=1S/C22H21N5OS/c1-16-9-11-18(12-10-16)21-24-25-22(27(21)26-13-5-6-14-26)29-15-20(28)23-19-8-4-3-7-17(19)2/h3-14H,15H2,1-2H3,(H,23,28). The molecule has 1 N–H and O–H groups in total. The summed E-state index contributed by atoms with van der Waals surface area (Å²) in [5.41, 5.74) is 4.00. The molecule has 4 aromatic rings. The molecular weight excluding hydrogens is 382 g/mol. The molecule has 1 amide bonds. The van der Waals surface area contributed by atoms with Gasteiger partial charge in [-0.2, -0.15) is 0 Å². The molecule has 0 fully saturated rings. The van der Waals surface area contributed by atoms with E-state index >= 15 is 0 Å². The van der Waals surface area contributed by atoms with E-state index in [4.69, 9.17) is 0 Å². The Morgan fingerprint density at radius 2 is 1.69 bits per heavy atom. The van der Waals surface area contributed by atoms with Gasteiger partial charge in [0.05, 0.1) is 5.75 Å². The van der Waals surface area contributed by atoms with E-state index in [1.807, 2.05) is 89.3 Å². The SMILES string of the molecule is Cc1ccc(-c2nnc(SCC(=O)Nc3ccccc3C)n2-n2cccc2)cc1. The Morgan fingerprint density at radius 1 is 0.966 bits per heavy atom. The van der Waals surface area contributed by atoms with Crippen molar-refractivity contribution < 1.29 is 4.79 Å². The lowest BCUT2D eigenvalue weighted by Crippen LogP contribution is -2.16. The van der Waals surface area contributed by atoms with Crippen LogP contribution in [-0.4, -0.2) is 31.2 Å². The van der Waals surface area contributed by atoms with Gasteiger partial charge in [-0.1, -0.05) is 59.8 Å². The summed E-state index contributed by atoms with van der Waals surface area (Å²) >= 11 is 1.35. The number of hydrogen-bond acceptors (Lipinski definition) is 4. The average Bonchev–Trinajstić information content (AvgIpc) is 3.38. The van der Waals surface area contributed by atoms with Crippen molar-refractivity contribution in [3.63, 3.8) is 0 Å². The van der Waals surface area contributed by atoms with Gasteiger partial charge in [-0.15, -0.1) is 10.2 Å². The highest BCUT2D eigenvalue weighted by Crippen LogP contribution is 2.25. The number of hydrogen-bond donors (Lipinski definition) is 1. The van der Waals surface area contributed by atoms with E-state index in [9.17, 15) is 4.79 Å². The number of carbonyl (C=O) groups excluding carboxylic acids is 1. The maximum Gasteiger partial charge on any atom is 0.234 e. The molecule has 0 aliphatic carbocycles. The number of rotatable bonds is 6. The fraction of sp³-hybridized carbons (Fsp3) is 0.136. The number of nitrogens with zero attached hydrogens (tertiary/aromatic N) is 4. The molecule has 4 rings (SSSR count). The smallest absolute Gasteiger partial charge is 0.234 e. The van der Waals surface area contributed by atoms with Gasteiger partial charge in [0.1, 0.15) is 0 Å². The summed E-state index contributed by atoms with van der Waals surface area (Å²) in [6, 6.07) is 19.8. The van der Waals surface area contributed by atoms with Crippen LogP contribution < -0.4 is 5.32 Å². The van der Waals surface area contributed by atoms with Crippen molar-refractivity contribution in [2.75, 3.05) is 11.1 Å². The van der Waals surface area contributed by atoms with E-state index in [0.29, 0.717) is 5.16 Å².